The highest BCUT2D eigenvalue weighted by Crippen LogP contribution is 2.39. The first kappa shape index (κ1) is 17.7. The molecule has 1 fully saturated rings. The Morgan fingerprint density at radius 1 is 1.08 bits per heavy atom. The fourth-order valence-corrected chi connectivity index (χ4v) is 3.69. The van der Waals surface area contributed by atoms with E-state index in [1.807, 2.05) is 0 Å². The fraction of sp³-hybridized carbons (Fsp3) is 0.647. The Hall–Kier alpha value is -1.14. The van der Waals surface area contributed by atoms with Gasteiger partial charge in [-0.2, -0.15) is 13.2 Å². The SMILES string of the molecule is FC(F)(F)[C@@H]1CCCC[C@@H]1NCc1cc(Cl)c2c(c1)OCCCO2. The zero-order valence-corrected chi connectivity index (χ0v) is 14.1. The molecule has 3 rings (SSSR count). The summed E-state index contributed by atoms with van der Waals surface area (Å²) in [5.74, 6) is -0.196. The van der Waals surface area contributed by atoms with E-state index in [2.05, 4.69) is 5.32 Å². The van der Waals surface area contributed by atoms with Gasteiger partial charge >= 0.3 is 6.18 Å². The highest BCUT2D eigenvalue weighted by atomic mass is 35.5. The van der Waals surface area contributed by atoms with E-state index in [1.54, 1.807) is 12.1 Å². The molecule has 0 bridgehead atoms. The summed E-state index contributed by atoms with van der Waals surface area (Å²) in [6, 6.07) is 2.98. The average Bonchev–Trinajstić information content (AvgIpc) is 2.78. The van der Waals surface area contributed by atoms with Crippen molar-refractivity contribution in [3.63, 3.8) is 0 Å². The molecule has 1 aliphatic carbocycles. The lowest BCUT2D eigenvalue weighted by molar-refractivity contribution is -0.189. The minimum absolute atomic E-state index is 0.197. The van der Waals surface area contributed by atoms with Crippen LogP contribution in [-0.2, 0) is 6.54 Å². The van der Waals surface area contributed by atoms with Crippen molar-refractivity contribution in [1.29, 1.82) is 0 Å². The molecule has 0 radical (unpaired) electrons. The third kappa shape index (κ3) is 4.09. The second-order valence-electron chi connectivity index (χ2n) is 6.38. The average molecular weight is 364 g/mol. The van der Waals surface area contributed by atoms with Crippen LogP contribution >= 0.6 is 11.6 Å². The van der Waals surface area contributed by atoms with Crippen LogP contribution in [0.1, 0.15) is 37.7 Å². The molecule has 0 spiro atoms. The highest BCUT2D eigenvalue weighted by molar-refractivity contribution is 6.32. The maximum atomic E-state index is 13.2. The van der Waals surface area contributed by atoms with Gasteiger partial charge in [0.15, 0.2) is 11.5 Å². The number of alkyl halides is 3. The molecule has 134 valence electrons. The van der Waals surface area contributed by atoms with Gasteiger partial charge in [0.2, 0.25) is 0 Å². The maximum absolute atomic E-state index is 13.2. The number of benzene rings is 1. The highest BCUT2D eigenvalue weighted by Gasteiger charge is 2.45. The van der Waals surface area contributed by atoms with Crippen molar-refractivity contribution in [2.75, 3.05) is 13.2 Å². The molecule has 1 aromatic carbocycles. The van der Waals surface area contributed by atoms with E-state index in [9.17, 15) is 13.2 Å². The monoisotopic (exact) mass is 363 g/mol. The van der Waals surface area contributed by atoms with E-state index in [-0.39, 0.29) is 6.42 Å². The minimum Gasteiger partial charge on any atom is -0.489 e. The Morgan fingerprint density at radius 2 is 1.83 bits per heavy atom. The van der Waals surface area contributed by atoms with Gasteiger partial charge in [-0.15, -0.1) is 0 Å². The van der Waals surface area contributed by atoms with E-state index in [0.717, 1.165) is 18.4 Å². The van der Waals surface area contributed by atoms with Crippen LogP contribution in [0.5, 0.6) is 11.5 Å². The van der Waals surface area contributed by atoms with E-state index >= 15 is 0 Å². The summed E-state index contributed by atoms with van der Waals surface area (Å²) >= 11 is 6.23. The van der Waals surface area contributed by atoms with Gasteiger partial charge in [0.1, 0.15) is 0 Å². The molecule has 1 N–H and O–H groups in total. The topological polar surface area (TPSA) is 30.5 Å². The molecule has 1 saturated carbocycles. The van der Waals surface area contributed by atoms with Crippen molar-refractivity contribution in [1.82, 2.24) is 5.32 Å². The van der Waals surface area contributed by atoms with Crippen molar-refractivity contribution in [3.05, 3.63) is 22.7 Å². The molecular weight excluding hydrogens is 343 g/mol. The van der Waals surface area contributed by atoms with Crippen LogP contribution in [-0.4, -0.2) is 25.4 Å². The van der Waals surface area contributed by atoms with E-state index in [0.29, 0.717) is 49.1 Å². The van der Waals surface area contributed by atoms with E-state index < -0.39 is 18.1 Å². The molecule has 7 heteroatoms. The van der Waals surface area contributed by atoms with Crippen LogP contribution in [0.2, 0.25) is 5.02 Å². The van der Waals surface area contributed by atoms with Gasteiger partial charge in [-0.25, -0.2) is 0 Å². The minimum atomic E-state index is -4.15. The quantitative estimate of drug-likeness (QED) is 0.843. The molecule has 2 atom stereocenters. The predicted molar refractivity (Wildman–Crippen MR) is 85.7 cm³/mol. The van der Waals surface area contributed by atoms with Crippen molar-refractivity contribution in [3.8, 4) is 11.5 Å². The lowest BCUT2D eigenvalue weighted by Gasteiger charge is -2.33. The Morgan fingerprint density at radius 3 is 2.62 bits per heavy atom. The first-order valence-electron chi connectivity index (χ1n) is 8.33. The lowest BCUT2D eigenvalue weighted by atomic mass is 9.84. The van der Waals surface area contributed by atoms with Gasteiger partial charge in [0.25, 0.3) is 0 Å². The summed E-state index contributed by atoms with van der Waals surface area (Å²) in [5.41, 5.74) is 0.802. The molecule has 0 saturated heterocycles. The Bertz CT molecular complexity index is 580. The summed E-state index contributed by atoms with van der Waals surface area (Å²) < 4.78 is 50.6. The Labute approximate surface area is 144 Å². The van der Waals surface area contributed by atoms with E-state index in [4.69, 9.17) is 21.1 Å². The van der Waals surface area contributed by atoms with Crippen LogP contribution < -0.4 is 14.8 Å². The zero-order valence-electron chi connectivity index (χ0n) is 13.3. The fourth-order valence-electron chi connectivity index (χ4n) is 3.40. The number of rotatable bonds is 3. The molecule has 1 aliphatic heterocycles. The van der Waals surface area contributed by atoms with Crippen LogP contribution in [0, 0.1) is 5.92 Å². The second kappa shape index (κ2) is 7.40. The molecule has 1 heterocycles. The van der Waals surface area contributed by atoms with Crippen LogP contribution in [0.3, 0.4) is 0 Å². The largest absolute Gasteiger partial charge is 0.489 e. The molecule has 0 unspecified atom stereocenters. The summed E-state index contributed by atoms with van der Waals surface area (Å²) in [6.07, 6.45) is -1.18. The third-order valence-corrected chi connectivity index (χ3v) is 4.90. The van der Waals surface area contributed by atoms with Gasteiger partial charge < -0.3 is 14.8 Å². The lowest BCUT2D eigenvalue weighted by Crippen LogP contribution is -2.45. The number of hydrogen-bond donors (Lipinski definition) is 1. The summed E-state index contributed by atoms with van der Waals surface area (Å²) in [6.45, 7) is 1.41. The first-order valence-corrected chi connectivity index (χ1v) is 8.71. The second-order valence-corrected chi connectivity index (χ2v) is 6.78. The molecule has 3 nitrogen and oxygen atoms in total. The molecular formula is C17H21ClF3NO2. The predicted octanol–water partition coefficient (Wildman–Crippen LogP) is 4.71. The maximum Gasteiger partial charge on any atom is 0.393 e. The van der Waals surface area contributed by atoms with Crippen LogP contribution in [0.15, 0.2) is 12.1 Å². The summed E-state index contributed by atoms with van der Waals surface area (Å²) in [4.78, 5) is 0. The van der Waals surface area contributed by atoms with Gasteiger partial charge in [-0.05, 0) is 30.5 Å². The summed E-state index contributed by atoms with van der Waals surface area (Å²) in [5, 5.41) is 3.50. The number of nitrogens with one attached hydrogen (secondary N) is 1. The number of halogens is 4. The smallest absolute Gasteiger partial charge is 0.393 e. The first-order chi connectivity index (χ1) is 11.4. The van der Waals surface area contributed by atoms with Crippen molar-refractivity contribution < 1.29 is 22.6 Å². The van der Waals surface area contributed by atoms with Crippen LogP contribution in [0.25, 0.3) is 0 Å². The van der Waals surface area contributed by atoms with Crippen molar-refractivity contribution >= 4 is 11.6 Å². The van der Waals surface area contributed by atoms with Crippen LogP contribution in [0.4, 0.5) is 13.2 Å². The summed E-state index contributed by atoms with van der Waals surface area (Å²) in [7, 11) is 0. The molecule has 0 amide bonds. The Kier molecular flexibility index (Phi) is 5.45. The van der Waals surface area contributed by atoms with Gasteiger partial charge in [0.05, 0.1) is 24.2 Å². The van der Waals surface area contributed by atoms with E-state index in [1.165, 1.54) is 0 Å². The standard InChI is InChI=1S/C17H21ClF3NO2/c18-13-8-11(9-15-16(13)24-7-3-6-23-15)10-22-14-5-2-1-4-12(14)17(19,20)21/h8-9,12,14,22H,1-7,10H2/t12-,14+/m1/s1. The third-order valence-electron chi connectivity index (χ3n) is 4.62. The number of hydrogen-bond acceptors (Lipinski definition) is 3. The Balaban J connectivity index is 1.70. The van der Waals surface area contributed by atoms with Gasteiger partial charge in [-0.3, -0.25) is 0 Å². The van der Waals surface area contributed by atoms with Gasteiger partial charge in [-0.1, -0.05) is 24.4 Å². The normalized spacial score (nSPS) is 24.5. The number of fused-ring (bicyclic) bond motifs is 1. The van der Waals surface area contributed by atoms with Crippen molar-refractivity contribution in [2.24, 2.45) is 5.92 Å². The number of ether oxygens (including phenoxy) is 2. The molecule has 24 heavy (non-hydrogen) atoms. The molecule has 2 aliphatic rings. The van der Waals surface area contributed by atoms with Gasteiger partial charge in [0, 0.05) is 19.0 Å². The molecule has 0 aromatic heterocycles. The molecule has 1 aromatic rings. The van der Waals surface area contributed by atoms with Crippen molar-refractivity contribution in [2.45, 2.75) is 50.9 Å². The zero-order chi connectivity index (χ0) is 17.2.